The lowest BCUT2D eigenvalue weighted by atomic mass is 10.0. The van der Waals surface area contributed by atoms with E-state index in [4.69, 9.17) is 9.56 Å². The first-order valence-electron chi connectivity index (χ1n) is 8.45. The normalized spacial score (nSPS) is 15.4. The van der Waals surface area contributed by atoms with Crippen molar-refractivity contribution in [1.82, 2.24) is 10.2 Å². The van der Waals surface area contributed by atoms with Gasteiger partial charge in [0.05, 0.1) is 11.2 Å². The van der Waals surface area contributed by atoms with Crippen molar-refractivity contribution in [2.24, 2.45) is 5.14 Å². The number of benzene rings is 1. The van der Waals surface area contributed by atoms with Crippen molar-refractivity contribution in [2.75, 3.05) is 13.1 Å². The van der Waals surface area contributed by atoms with Gasteiger partial charge in [0.25, 0.3) is 0 Å². The van der Waals surface area contributed by atoms with Crippen LogP contribution >= 0.6 is 0 Å². The lowest BCUT2D eigenvalue weighted by molar-refractivity contribution is 0.358. The average molecular weight is 373 g/mol. The van der Waals surface area contributed by atoms with Crippen LogP contribution in [-0.2, 0) is 16.6 Å². The van der Waals surface area contributed by atoms with Gasteiger partial charge in [0.1, 0.15) is 5.76 Å². The second-order valence-electron chi connectivity index (χ2n) is 6.28. The van der Waals surface area contributed by atoms with Crippen LogP contribution in [0.15, 0.2) is 58.2 Å². The number of furan rings is 1. The van der Waals surface area contributed by atoms with Crippen LogP contribution in [0.2, 0.25) is 0 Å². The van der Waals surface area contributed by atoms with Gasteiger partial charge in [0.15, 0.2) is 0 Å². The fourth-order valence-corrected chi connectivity index (χ4v) is 3.67. The molecule has 26 heavy (non-hydrogen) atoms. The van der Waals surface area contributed by atoms with Crippen LogP contribution in [0.5, 0.6) is 0 Å². The van der Waals surface area contributed by atoms with Crippen molar-refractivity contribution in [3.63, 3.8) is 0 Å². The highest BCUT2D eigenvalue weighted by molar-refractivity contribution is 7.89. The van der Waals surface area contributed by atoms with E-state index in [9.17, 15) is 8.42 Å². The summed E-state index contributed by atoms with van der Waals surface area (Å²) in [6.45, 7) is 4.36. The number of nitrogens with zero attached hydrogens (tertiary/aromatic N) is 1. The minimum atomic E-state index is -3.71. The minimum absolute atomic E-state index is 0.181. The number of primary sulfonamides is 1. The van der Waals surface area contributed by atoms with Crippen molar-refractivity contribution < 1.29 is 12.8 Å². The summed E-state index contributed by atoms with van der Waals surface area (Å²) < 4.78 is 28.6. The van der Waals surface area contributed by atoms with E-state index in [0.29, 0.717) is 12.1 Å². The summed E-state index contributed by atoms with van der Waals surface area (Å²) in [5.41, 5.74) is 1.65. The van der Waals surface area contributed by atoms with Crippen LogP contribution in [0.1, 0.15) is 23.8 Å². The molecule has 138 valence electrons. The maximum atomic E-state index is 11.7. The molecule has 1 aliphatic heterocycles. The Morgan fingerprint density at radius 2 is 2.19 bits per heavy atom. The first-order valence-corrected chi connectivity index (χ1v) is 10.00. The van der Waals surface area contributed by atoms with Crippen LogP contribution < -0.4 is 10.5 Å². The van der Waals surface area contributed by atoms with Gasteiger partial charge in [0, 0.05) is 37.4 Å². The molecule has 3 rings (SSSR count). The maximum Gasteiger partial charge on any atom is 0.238 e. The van der Waals surface area contributed by atoms with Crippen LogP contribution in [-0.4, -0.2) is 32.4 Å². The van der Waals surface area contributed by atoms with Crippen LogP contribution in [0, 0.1) is 0 Å². The molecular weight excluding hydrogens is 350 g/mol. The molecule has 1 aromatic carbocycles. The number of rotatable bonds is 7. The van der Waals surface area contributed by atoms with E-state index < -0.39 is 10.0 Å². The number of nitrogens with two attached hydrogens (primary N) is 1. The predicted octanol–water partition coefficient (Wildman–Crippen LogP) is 2.40. The zero-order chi connectivity index (χ0) is 18.6. The van der Waals surface area contributed by atoms with Crippen LogP contribution in [0.25, 0.3) is 12.2 Å². The number of hydrogen-bond donors (Lipinski definition) is 2. The number of nitrogens with one attached hydrogen (secondary N) is 1. The fraction of sp³-hybridized carbons (Fsp3) is 0.263. The minimum Gasteiger partial charge on any atom is -0.465 e. The third-order valence-electron chi connectivity index (χ3n) is 4.25. The molecule has 3 N–H and O–H groups in total. The first-order chi connectivity index (χ1) is 12.4. The highest BCUT2D eigenvalue weighted by atomic mass is 32.2. The molecule has 1 unspecified atom stereocenters. The molecule has 2 aromatic rings. The van der Waals surface area contributed by atoms with E-state index in [1.807, 2.05) is 36.6 Å². The van der Waals surface area contributed by atoms with E-state index in [-0.39, 0.29) is 10.9 Å². The zero-order valence-corrected chi connectivity index (χ0v) is 15.4. The van der Waals surface area contributed by atoms with Gasteiger partial charge in [-0.2, -0.15) is 0 Å². The van der Waals surface area contributed by atoms with E-state index in [2.05, 4.69) is 23.2 Å². The summed E-state index contributed by atoms with van der Waals surface area (Å²) in [6, 6.07) is 9.20. The Labute approximate surface area is 154 Å². The fourth-order valence-electron chi connectivity index (χ4n) is 2.90. The lowest BCUT2D eigenvalue weighted by Gasteiger charge is -2.26. The van der Waals surface area contributed by atoms with E-state index >= 15 is 0 Å². The number of hydrogen-bond acceptors (Lipinski definition) is 5. The molecule has 0 saturated carbocycles. The Morgan fingerprint density at radius 1 is 1.35 bits per heavy atom. The van der Waals surface area contributed by atoms with Crippen molar-refractivity contribution in [1.29, 1.82) is 0 Å². The van der Waals surface area contributed by atoms with Gasteiger partial charge in [-0.15, -0.1) is 0 Å². The first kappa shape index (κ1) is 18.4. The molecule has 0 radical (unpaired) electrons. The molecule has 6 nitrogen and oxygen atoms in total. The van der Waals surface area contributed by atoms with Gasteiger partial charge < -0.3 is 14.6 Å². The summed E-state index contributed by atoms with van der Waals surface area (Å²) in [6.07, 6.45) is 9.39. The monoisotopic (exact) mass is 373 g/mol. The zero-order valence-electron chi connectivity index (χ0n) is 14.6. The molecule has 0 spiro atoms. The molecular formula is C19H23N3O3S. The molecule has 0 amide bonds. The molecule has 1 atom stereocenters. The number of sulfonamides is 1. The van der Waals surface area contributed by atoms with E-state index in [0.717, 1.165) is 24.4 Å². The summed E-state index contributed by atoms with van der Waals surface area (Å²) in [7, 11) is -3.71. The van der Waals surface area contributed by atoms with Crippen LogP contribution in [0.3, 0.4) is 0 Å². The molecule has 0 fully saturated rings. The summed E-state index contributed by atoms with van der Waals surface area (Å²) >= 11 is 0. The van der Waals surface area contributed by atoms with Gasteiger partial charge in [0.2, 0.25) is 10.0 Å². The Hall–Kier alpha value is -2.35. The van der Waals surface area contributed by atoms with Gasteiger partial charge >= 0.3 is 0 Å². The smallest absolute Gasteiger partial charge is 0.238 e. The third kappa shape index (κ3) is 4.63. The van der Waals surface area contributed by atoms with Crippen molar-refractivity contribution in [3.8, 4) is 0 Å². The highest BCUT2D eigenvalue weighted by Gasteiger charge is 2.18. The van der Waals surface area contributed by atoms with Crippen molar-refractivity contribution in [2.45, 2.75) is 24.4 Å². The van der Waals surface area contributed by atoms with E-state index in [1.165, 1.54) is 0 Å². The number of fused-ring (bicyclic) bond motifs is 1. The molecule has 2 heterocycles. The Bertz CT molecular complexity index is 902. The molecule has 0 aliphatic carbocycles. The summed E-state index contributed by atoms with van der Waals surface area (Å²) in [5, 5.41) is 8.73. The second kappa shape index (κ2) is 7.90. The Balaban J connectivity index is 1.53. The average Bonchev–Trinajstić information content (AvgIpc) is 3.12. The second-order valence-corrected chi connectivity index (χ2v) is 7.81. The van der Waals surface area contributed by atoms with E-state index in [1.54, 1.807) is 18.4 Å². The largest absolute Gasteiger partial charge is 0.465 e. The SMILES string of the molecule is CC(C=Cc1ccco1)NCCN1C=Cc2c(cccc2S(N)(=O)=O)C1. The quantitative estimate of drug-likeness (QED) is 0.778. The standard InChI is InChI=1S/C19H23N3O3S/c1-15(7-8-17-5-3-13-25-17)21-10-12-22-11-9-18-16(14-22)4-2-6-19(18)26(20,23)24/h2-9,11,13,15,21H,10,12,14H2,1H3,(H2,20,23,24). The highest BCUT2D eigenvalue weighted by Crippen LogP contribution is 2.25. The Kier molecular flexibility index (Phi) is 5.61. The van der Waals surface area contributed by atoms with Gasteiger partial charge in [-0.05, 0) is 42.8 Å². The summed E-state index contributed by atoms with van der Waals surface area (Å²) in [4.78, 5) is 2.33. The van der Waals surface area contributed by atoms with Crippen molar-refractivity contribution >= 4 is 22.2 Å². The van der Waals surface area contributed by atoms with Crippen LogP contribution in [0.4, 0.5) is 0 Å². The molecule has 7 heteroatoms. The molecule has 1 aromatic heterocycles. The van der Waals surface area contributed by atoms with Gasteiger partial charge in [-0.25, -0.2) is 13.6 Å². The topological polar surface area (TPSA) is 88.6 Å². The molecule has 0 bridgehead atoms. The third-order valence-corrected chi connectivity index (χ3v) is 5.22. The predicted molar refractivity (Wildman–Crippen MR) is 102 cm³/mol. The van der Waals surface area contributed by atoms with Gasteiger partial charge in [-0.3, -0.25) is 0 Å². The lowest BCUT2D eigenvalue weighted by Crippen LogP contribution is -2.33. The maximum absolute atomic E-state index is 11.7. The summed E-state index contributed by atoms with van der Waals surface area (Å²) in [5.74, 6) is 0.833. The molecule has 0 saturated heterocycles. The van der Waals surface area contributed by atoms with Crippen molar-refractivity contribution in [3.05, 3.63) is 65.8 Å². The van der Waals surface area contributed by atoms with Gasteiger partial charge in [-0.1, -0.05) is 18.2 Å². The molecule has 1 aliphatic rings. The Morgan fingerprint density at radius 3 is 2.92 bits per heavy atom.